The van der Waals surface area contributed by atoms with Crippen LogP contribution in [0.2, 0.25) is 0 Å². The summed E-state index contributed by atoms with van der Waals surface area (Å²) < 4.78 is 0. The van der Waals surface area contributed by atoms with Crippen LogP contribution in [0.5, 0.6) is 0 Å². The second-order valence-electron chi connectivity index (χ2n) is 3.83. The summed E-state index contributed by atoms with van der Waals surface area (Å²) in [5.74, 6) is 0. The van der Waals surface area contributed by atoms with Crippen molar-refractivity contribution in [3.05, 3.63) is 0 Å². The Morgan fingerprint density at radius 3 is 2.08 bits per heavy atom. The molecule has 2 heteroatoms. The maximum atomic E-state index is 8.81. The molecule has 2 aliphatic rings. The van der Waals surface area contributed by atoms with Crippen molar-refractivity contribution in [2.75, 3.05) is 7.05 Å². The summed E-state index contributed by atoms with van der Waals surface area (Å²) in [5.41, 5.74) is 0.800. The van der Waals surface area contributed by atoms with Crippen molar-refractivity contribution < 1.29 is 4.79 Å². The fourth-order valence-corrected chi connectivity index (χ4v) is 2.38. The summed E-state index contributed by atoms with van der Waals surface area (Å²) >= 11 is 0. The van der Waals surface area contributed by atoms with Crippen LogP contribution >= 0.6 is 0 Å². The van der Waals surface area contributed by atoms with Crippen LogP contribution in [0, 0.1) is 5.41 Å². The molecule has 1 unspecified atom stereocenters. The summed E-state index contributed by atoms with van der Waals surface area (Å²) in [7, 11) is 2.10. The summed E-state index contributed by atoms with van der Waals surface area (Å²) in [5, 5.41) is 3.39. The molecule has 0 aliphatic heterocycles. The molecule has 1 N–H and O–H groups in total. The van der Waals surface area contributed by atoms with Crippen LogP contribution in [0.15, 0.2) is 0 Å². The van der Waals surface area contributed by atoms with Crippen molar-refractivity contribution >= 4 is 6.29 Å². The van der Waals surface area contributed by atoms with E-state index in [1.165, 1.54) is 39.0 Å². The minimum atomic E-state index is 0.750. The fraction of sp³-hybridized carbons (Fsp3) is 0.900. The minimum Gasteiger partial charge on any atom is -0.316 e. The average Bonchev–Trinajstić information content (AvgIpc) is 1.84. The lowest BCUT2D eigenvalue weighted by Gasteiger charge is -2.56. The second-order valence-corrected chi connectivity index (χ2v) is 3.83. The summed E-state index contributed by atoms with van der Waals surface area (Å²) in [6.07, 6.45) is 8.16. The van der Waals surface area contributed by atoms with E-state index in [1.54, 1.807) is 0 Å². The van der Waals surface area contributed by atoms with Gasteiger partial charge in [0.1, 0.15) is 6.29 Å². The van der Waals surface area contributed by atoms with Gasteiger partial charge in [-0.3, -0.25) is 0 Å². The number of carbonyl (C=O) groups is 1. The van der Waals surface area contributed by atoms with Crippen LogP contribution in [0.3, 0.4) is 0 Å². The predicted octanol–water partition coefficient (Wildman–Crippen LogP) is 1.74. The van der Waals surface area contributed by atoms with Gasteiger partial charge in [0.2, 0.25) is 0 Å². The van der Waals surface area contributed by atoms with Gasteiger partial charge in [0.15, 0.2) is 0 Å². The van der Waals surface area contributed by atoms with Gasteiger partial charge < -0.3 is 10.1 Å². The van der Waals surface area contributed by atoms with Crippen molar-refractivity contribution in [1.82, 2.24) is 5.32 Å². The Balaban J connectivity index is 0.000000213. The second kappa shape index (κ2) is 4.04. The highest BCUT2D eigenvalue weighted by atomic mass is 16.1. The standard InChI is InChI=1S/C8H15N.C2H4O/c1-9-7-3-6-8(7)4-2-5-8;1-2-3/h7,9H,2-6H2,1H3;2H,1H3. The Labute approximate surface area is 74.7 Å². The van der Waals surface area contributed by atoms with Gasteiger partial charge in [-0.25, -0.2) is 0 Å². The quantitative estimate of drug-likeness (QED) is 0.606. The summed E-state index contributed by atoms with van der Waals surface area (Å²) in [6.45, 7) is 1.44. The van der Waals surface area contributed by atoms with E-state index in [9.17, 15) is 0 Å². The topological polar surface area (TPSA) is 29.1 Å². The molecule has 1 spiro atoms. The van der Waals surface area contributed by atoms with Gasteiger partial charge in [-0.05, 0) is 45.1 Å². The van der Waals surface area contributed by atoms with E-state index >= 15 is 0 Å². The van der Waals surface area contributed by atoms with Crippen LogP contribution in [-0.4, -0.2) is 19.4 Å². The van der Waals surface area contributed by atoms with E-state index in [4.69, 9.17) is 4.79 Å². The third kappa shape index (κ3) is 1.53. The molecule has 0 aromatic rings. The molecule has 0 amide bonds. The van der Waals surface area contributed by atoms with E-state index in [0.717, 1.165) is 17.7 Å². The molecule has 0 radical (unpaired) electrons. The molecule has 12 heavy (non-hydrogen) atoms. The van der Waals surface area contributed by atoms with E-state index < -0.39 is 0 Å². The highest BCUT2D eigenvalue weighted by molar-refractivity contribution is 5.44. The molecule has 2 aliphatic carbocycles. The molecule has 2 nitrogen and oxygen atoms in total. The van der Waals surface area contributed by atoms with Gasteiger partial charge >= 0.3 is 0 Å². The zero-order valence-electron chi connectivity index (χ0n) is 8.10. The van der Waals surface area contributed by atoms with Crippen LogP contribution in [-0.2, 0) is 4.79 Å². The molecule has 70 valence electrons. The highest BCUT2D eigenvalue weighted by Gasteiger charge is 2.49. The van der Waals surface area contributed by atoms with Gasteiger partial charge in [0.05, 0.1) is 0 Å². The van der Waals surface area contributed by atoms with E-state index in [0.29, 0.717) is 0 Å². The average molecular weight is 169 g/mol. The van der Waals surface area contributed by atoms with Gasteiger partial charge in [0.25, 0.3) is 0 Å². The Bertz CT molecular complexity index is 144. The van der Waals surface area contributed by atoms with Crippen molar-refractivity contribution in [3.8, 4) is 0 Å². The molecular formula is C10H19NO. The highest BCUT2D eigenvalue weighted by Crippen LogP contribution is 2.55. The first-order valence-electron chi connectivity index (χ1n) is 4.86. The van der Waals surface area contributed by atoms with Crippen molar-refractivity contribution in [2.24, 2.45) is 5.41 Å². The number of rotatable bonds is 1. The molecular weight excluding hydrogens is 150 g/mol. The number of hydrogen-bond donors (Lipinski definition) is 1. The molecule has 0 heterocycles. The monoisotopic (exact) mass is 169 g/mol. The van der Waals surface area contributed by atoms with Crippen LogP contribution in [0.25, 0.3) is 0 Å². The zero-order chi connectivity index (χ0) is 9.03. The third-order valence-electron chi connectivity index (χ3n) is 3.37. The van der Waals surface area contributed by atoms with Crippen LogP contribution < -0.4 is 5.32 Å². The van der Waals surface area contributed by atoms with Crippen LogP contribution in [0.4, 0.5) is 0 Å². The predicted molar refractivity (Wildman–Crippen MR) is 50.1 cm³/mol. The largest absolute Gasteiger partial charge is 0.316 e. The van der Waals surface area contributed by atoms with Crippen molar-refractivity contribution in [1.29, 1.82) is 0 Å². The van der Waals surface area contributed by atoms with Gasteiger partial charge in [-0.2, -0.15) is 0 Å². The van der Waals surface area contributed by atoms with Crippen LogP contribution in [0.1, 0.15) is 39.0 Å². The minimum absolute atomic E-state index is 0.750. The van der Waals surface area contributed by atoms with Gasteiger partial charge in [-0.1, -0.05) is 6.42 Å². The van der Waals surface area contributed by atoms with E-state index in [2.05, 4.69) is 12.4 Å². The smallest absolute Gasteiger partial charge is 0.116 e. The molecule has 2 saturated carbocycles. The van der Waals surface area contributed by atoms with Crippen molar-refractivity contribution in [2.45, 2.75) is 45.1 Å². The number of nitrogens with one attached hydrogen (secondary N) is 1. The first-order valence-corrected chi connectivity index (χ1v) is 4.86. The van der Waals surface area contributed by atoms with Gasteiger partial charge in [0, 0.05) is 6.04 Å². The number of aldehydes is 1. The first kappa shape index (κ1) is 9.72. The van der Waals surface area contributed by atoms with Crippen molar-refractivity contribution in [3.63, 3.8) is 0 Å². The maximum absolute atomic E-state index is 8.81. The molecule has 0 aromatic carbocycles. The molecule has 2 rings (SSSR count). The maximum Gasteiger partial charge on any atom is 0.116 e. The molecule has 0 aromatic heterocycles. The molecule has 0 bridgehead atoms. The van der Waals surface area contributed by atoms with E-state index in [1.807, 2.05) is 0 Å². The Morgan fingerprint density at radius 1 is 1.42 bits per heavy atom. The summed E-state index contributed by atoms with van der Waals surface area (Å²) in [4.78, 5) is 8.81. The molecule has 0 saturated heterocycles. The lowest BCUT2D eigenvalue weighted by Crippen LogP contribution is -2.55. The normalized spacial score (nSPS) is 29.3. The van der Waals surface area contributed by atoms with Gasteiger partial charge in [-0.15, -0.1) is 0 Å². The first-order chi connectivity index (χ1) is 5.79. The lowest BCUT2D eigenvalue weighted by atomic mass is 9.53. The van der Waals surface area contributed by atoms with E-state index in [-0.39, 0.29) is 0 Å². The fourth-order valence-electron chi connectivity index (χ4n) is 2.38. The zero-order valence-corrected chi connectivity index (χ0v) is 8.10. The SMILES string of the molecule is CC=O.CNC1CCC12CCC2. The number of hydrogen-bond acceptors (Lipinski definition) is 2. The molecule has 2 fully saturated rings. The third-order valence-corrected chi connectivity index (χ3v) is 3.37. The Kier molecular flexibility index (Phi) is 3.27. The molecule has 1 atom stereocenters. The Morgan fingerprint density at radius 2 is 2.00 bits per heavy atom. The summed E-state index contributed by atoms with van der Waals surface area (Å²) in [6, 6.07) is 0.881. The lowest BCUT2D eigenvalue weighted by molar-refractivity contribution is -0.106. The Hall–Kier alpha value is -0.370. The number of carbonyl (C=O) groups excluding carboxylic acids is 1.